The molecule has 0 radical (unpaired) electrons. The lowest BCUT2D eigenvalue weighted by Gasteiger charge is -2.20. The lowest BCUT2D eigenvalue weighted by molar-refractivity contribution is 0.114. The lowest BCUT2D eigenvalue weighted by Crippen LogP contribution is -2.21. The second kappa shape index (κ2) is 8.23. The van der Waals surface area contributed by atoms with E-state index in [1.807, 2.05) is 17.5 Å². The first-order chi connectivity index (χ1) is 12.4. The molecule has 1 aliphatic heterocycles. The van der Waals surface area contributed by atoms with Crippen molar-refractivity contribution >= 4 is 22.7 Å². The number of hydrogen-bond acceptors (Lipinski definition) is 5. The van der Waals surface area contributed by atoms with E-state index in [1.165, 1.54) is 26.7 Å². The Morgan fingerprint density at radius 3 is 2.76 bits per heavy atom. The third-order valence-corrected chi connectivity index (χ3v) is 6.33. The van der Waals surface area contributed by atoms with Crippen molar-refractivity contribution in [3.05, 3.63) is 74.4 Å². The number of rotatable bonds is 7. The number of hydrogen-bond donors (Lipinski definition) is 0. The molecule has 0 unspecified atom stereocenters. The number of thiazole rings is 1. The topological polar surface area (TPSA) is 25.4 Å². The van der Waals surface area contributed by atoms with Gasteiger partial charge in [-0.1, -0.05) is 30.3 Å². The van der Waals surface area contributed by atoms with E-state index in [1.54, 1.807) is 11.3 Å². The van der Waals surface area contributed by atoms with Crippen LogP contribution in [-0.4, -0.2) is 16.5 Å². The molecule has 1 aromatic carbocycles. The Labute approximate surface area is 156 Å². The summed E-state index contributed by atoms with van der Waals surface area (Å²) in [5.41, 5.74) is 1.34. The molecule has 3 aromatic rings. The molecule has 0 saturated carbocycles. The van der Waals surface area contributed by atoms with Crippen molar-refractivity contribution < 1.29 is 4.74 Å². The fourth-order valence-corrected chi connectivity index (χ4v) is 5.00. The molecular formula is C20H22N2OS2. The standard InChI is InChI=1S/C20H22N2OS2/c1-2-5-16(6-3-1)13-22(15-20-21-10-12-24-20)14-17-8-9-19(25-17)18-7-4-11-23-18/h1-3,5-6,8-10,12,18H,4,7,11,13-15H2/t18-/m0/s1. The summed E-state index contributed by atoms with van der Waals surface area (Å²) >= 11 is 3.63. The number of benzene rings is 1. The van der Waals surface area contributed by atoms with Crippen LogP contribution in [-0.2, 0) is 24.4 Å². The van der Waals surface area contributed by atoms with Gasteiger partial charge in [0.2, 0.25) is 0 Å². The van der Waals surface area contributed by atoms with Crippen LogP contribution in [0.25, 0.3) is 0 Å². The molecule has 0 spiro atoms. The van der Waals surface area contributed by atoms with Gasteiger partial charge in [0.05, 0.1) is 12.6 Å². The zero-order valence-electron chi connectivity index (χ0n) is 14.1. The highest BCUT2D eigenvalue weighted by atomic mass is 32.1. The van der Waals surface area contributed by atoms with Crippen LogP contribution in [0.15, 0.2) is 54.0 Å². The van der Waals surface area contributed by atoms with Crippen molar-refractivity contribution in [1.29, 1.82) is 0 Å². The highest BCUT2D eigenvalue weighted by molar-refractivity contribution is 7.12. The number of nitrogens with zero attached hydrogens (tertiary/aromatic N) is 2. The average Bonchev–Trinajstić information content (AvgIpc) is 3.38. The molecule has 3 heterocycles. The Morgan fingerprint density at radius 2 is 2.00 bits per heavy atom. The van der Waals surface area contributed by atoms with Gasteiger partial charge in [-0.15, -0.1) is 22.7 Å². The van der Waals surface area contributed by atoms with Gasteiger partial charge in [-0.25, -0.2) is 4.98 Å². The van der Waals surface area contributed by atoms with Gasteiger partial charge < -0.3 is 4.74 Å². The van der Waals surface area contributed by atoms with Gasteiger partial charge >= 0.3 is 0 Å². The molecule has 0 amide bonds. The normalized spacial score (nSPS) is 17.4. The van der Waals surface area contributed by atoms with Crippen LogP contribution >= 0.6 is 22.7 Å². The minimum atomic E-state index is 0.320. The van der Waals surface area contributed by atoms with Gasteiger partial charge in [-0.3, -0.25) is 4.90 Å². The maximum atomic E-state index is 5.83. The molecule has 1 aliphatic rings. The molecule has 1 saturated heterocycles. The highest BCUT2D eigenvalue weighted by Gasteiger charge is 2.20. The highest BCUT2D eigenvalue weighted by Crippen LogP contribution is 2.34. The summed E-state index contributed by atoms with van der Waals surface area (Å²) in [7, 11) is 0. The Bertz CT molecular complexity index is 764. The molecule has 0 N–H and O–H groups in total. The van der Waals surface area contributed by atoms with Crippen molar-refractivity contribution in [2.45, 2.75) is 38.6 Å². The second-order valence-corrected chi connectivity index (χ2v) is 8.54. The quantitative estimate of drug-likeness (QED) is 0.567. The molecule has 3 nitrogen and oxygen atoms in total. The summed E-state index contributed by atoms with van der Waals surface area (Å²) in [4.78, 5) is 9.72. The van der Waals surface area contributed by atoms with E-state index < -0.39 is 0 Å². The Kier molecular flexibility index (Phi) is 5.57. The third kappa shape index (κ3) is 4.55. The van der Waals surface area contributed by atoms with Crippen molar-refractivity contribution in [3.63, 3.8) is 0 Å². The summed E-state index contributed by atoms with van der Waals surface area (Å²) in [5, 5.41) is 3.23. The molecule has 4 rings (SSSR count). The van der Waals surface area contributed by atoms with E-state index in [0.717, 1.165) is 32.7 Å². The second-order valence-electron chi connectivity index (χ2n) is 6.36. The van der Waals surface area contributed by atoms with E-state index in [4.69, 9.17) is 4.74 Å². The fraction of sp³-hybridized carbons (Fsp3) is 0.350. The SMILES string of the molecule is c1ccc(CN(Cc2ccc([C@@H]3CCCO3)s2)Cc2nccs2)cc1. The lowest BCUT2D eigenvalue weighted by atomic mass is 10.2. The first kappa shape index (κ1) is 16.9. The number of thiophene rings is 1. The van der Waals surface area contributed by atoms with Crippen LogP contribution in [0.1, 0.15) is 39.3 Å². The predicted octanol–water partition coefficient (Wildman–Crippen LogP) is 5.26. The van der Waals surface area contributed by atoms with Gasteiger partial charge in [0.25, 0.3) is 0 Å². The molecule has 2 aromatic heterocycles. The van der Waals surface area contributed by atoms with Crippen LogP contribution < -0.4 is 0 Å². The first-order valence-corrected chi connectivity index (χ1v) is 10.4. The van der Waals surface area contributed by atoms with Crippen molar-refractivity contribution in [2.24, 2.45) is 0 Å². The first-order valence-electron chi connectivity index (χ1n) is 8.72. The molecule has 130 valence electrons. The zero-order valence-corrected chi connectivity index (χ0v) is 15.8. The Balaban J connectivity index is 1.47. The van der Waals surface area contributed by atoms with Crippen LogP contribution in [0.3, 0.4) is 0 Å². The smallest absolute Gasteiger partial charge is 0.107 e. The minimum absolute atomic E-state index is 0.320. The van der Waals surface area contributed by atoms with E-state index in [9.17, 15) is 0 Å². The van der Waals surface area contributed by atoms with Crippen LogP contribution in [0.5, 0.6) is 0 Å². The Morgan fingerprint density at radius 1 is 1.08 bits per heavy atom. The summed E-state index contributed by atoms with van der Waals surface area (Å²) in [6, 6.07) is 15.2. The molecule has 0 bridgehead atoms. The van der Waals surface area contributed by atoms with Crippen LogP contribution in [0.4, 0.5) is 0 Å². The van der Waals surface area contributed by atoms with Crippen molar-refractivity contribution in [2.75, 3.05) is 6.61 Å². The third-order valence-electron chi connectivity index (χ3n) is 4.40. The maximum absolute atomic E-state index is 5.83. The molecule has 25 heavy (non-hydrogen) atoms. The zero-order chi connectivity index (χ0) is 16.9. The largest absolute Gasteiger partial charge is 0.373 e. The van der Waals surface area contributed by atoms with Crippen molar-refractivity contribution in [3.8, 4) is 0 Å². The van der Waals surface area contributed by atoms with Crippen LogP contribution in [0.2, 0.25) is 0 Å². The van der Waals surface area contributed by atoms with Gasteiger partial charge in [0.1, 0.15) is 5.01 Å². The maximum Gasteiger partial charge on any atom is 0.107 e. The van der Waals surface area contributed by atoms with Gasteiger partial charge in [0.15, 0.2) is 0 Å². The molecule has 0 aliphatic carbocycles. The molecule has 5 heteroatoms. The fourth-order valence-electron chi connectivity index (χ4n) is 3.21. The van der Waals surface area contributed by atoms with Gasteiger partial charge in [-0.2, -0.15) is 0 Å². The van der Waals surface area contributed by atoms with Gasteiger partial charge in [-0.05, 0) is 30.5 Å². The number of aromatic nitrogens is 1. The van der Waals surface area contributed by atoms with E-state index >= 15 is 0 Å². The minimum Gasteiger partial charge on any atom is -0.373 e. The number of ether oxygens (including phenoxy) is 1. The van der Waals surface area contributed by atoms with E-state index in [-0.39, 0.29) is 0 Å². The van der Waals surface area contributed by atoms with Crippen molar-refractivity contribution in [1.82, 2.24) is 9.88 Å². The summed E-state index contributed by atoms with van der Waals surface area (Å²) < 4.78 is 5.83. The van der Waals surface area contributed by atoms with E-state index in [0.29, 0.717) is 6.10 Å². The van der Waals surface area contributed by atoms with E-state index in [2.05, 4.69) is 57.7 Å². The molecular weight excluding hydrogens is 348 g/mol. The average molecular weight is 371 g/mol. The summed E-state index contributed by atoms with van der Waals surface area (Å²) in [6.07, 6.45) is 4.55. The molecule has 1 atom stereocenters. The molecule has 1 fully saturated rings. The predicted molar refractivity (Wildman–Crippen MR) is 104 cm³/mol. The Hall–Kier alpha value is -1.53. The van der Waals surface area contributed by atoms with Crippen LogP contribution in [0, 0.1) is 0 Å². The monoisotopic (exact) mass is 370 g/mol. The summed E-state index contributed by atoms with van der Waals surface area (Å²) in [6.45, 7) is 3.68. The van der Waals surface area contributed by atoms with Gasteiger partial charge in [0, 0.05) is 41.0 Å². The summed E-state index contributed by atoms with van der Waals surface area (Å²) in [5.74, 6) is 0.